The van der Waals surface area contributed by atoms with Crippen LogP contribution in [0.3, 0.4) is 0 Å². The van der Waals surface area contributed by atoms with Crippen molar-refractivity contribution in [3.8, 4) is 0 Å². The number of hydrogen-bond donors (Lipinski definition) is 2. The van der Waals surface area contributed by atoms with Gasteiger partial charge in [-0.1, -0.05) is 6.92 Å². The molecule has 1 aliphatic rings. The molecule has 0 aliphatic carbocycles. The first kappa shape index (κ1) is 22.6. The highest BCUT2D eigenvalue weighted by molar-refractivity contribution is 5.69. The number of carbonyl (C=O) groups excluding carboxylic acids is 4. The lowest BCUT2D eigenvalue weighted by Gasteiger charge is -2.43. The van der Waals surface area contributed by atoms with Crippen LogP contribution in [-0.2, 0) is 38.1 Å². The molecule has 5 atom stereocenters. The summed E-state index contributed by atoms with van der Waals surface area (Å²) in [5.74, 6) is -2.27. The molecular formula is C16H25NO10. The van der Waals surface area contributed by atoms with E-state index in [-0.39, 0.29) is 0 Å². The Labute approximate surface area is 156 Å². The van der Waals surface area contributed by atoms with Crippen molar-refractivity contribution in [2.24, 2.45) is 0 Å². The summed E-state index contributed by atoms with van der Waals surface area (Å²) in [5, 5.41) is 12.0. The van der Waals surface area contributed by atoms with E-state index in [4.69, 9.17) is 23.7 Å². The molecule has 27 heavy (non-hydrogen) atoms. The Morgan fingerprint density at radius 3 is 1.89 bits per heavy atom. The Bertz CT molecular complexity index is 551. The summed E-state index contributed by atoms with van der Waals surface area (Å²) in [4.78, 5) is 46.3. The number of aliphatic hydroxyl groups is 1. The van der Waals surface area contributed by atoms with Crippen LogP contribution in [0.25, 0.3) is 0 Å². The number of carbonyl (C=O) groups is 4. The lowest BCUT2D eigenvalue weighted by atomic mass is 9.98. The lowest BCUT2D eigenvalue weighted by Crippen LogP contribution is -2.63. The van der Waals surface area contributed by atoms with E-state index in [0.717, 1.165) is 20.8 Å². The Morgan fingerprint density at radius 1 is 0.889 bits per heavy atom. The predicted molar refractivity (Wildman–Crippen MR) is 87.2 cm³/mol. The Balaban J connectivity index is 3.16. The normalized spacial score (nSPS) is 27.2. The van der Waals surface area contributed by atoms with E-state index in [0.29, 0.717) is 13.0 Å². The highest BCUT2D eigenvalue weighted by Gasteiger charge is 2.53. The summed E-state index contributed by atoms with van der Waals surface area (Å²) in [7, 11) is 0. The molecule has 0 aromatic heterocycles. The number of amides is 1. The molecule has 0 aromatic rings. The molecule has 1 aliphatic heterocycles. The molecule has 0 unspecified atom stereocenters. The predicted octanol–water partition coefficient (Wildman–Crippen LogP) is -0.365. The molecule has 0 spiro atoms. The van der Waals surface area contributed by atoms with E-state index in [1.807, 2.05) is 6.92 Å². The summed E-state index contributed by atoms with van der Waals surface area (Å²) in [6.45, 7) is 4.83. The standard InChI is InChI=1S/C16H25NO10/c1-5-6-17-16(22)27-15-14(25-10(4)21)13(24-9(3)20)12(23-8(2)19)11(7-18)26-15/h11-15,18H,5-7H2,1-4H3,(H,17,22)/t11-,12+,13+,14-,15+/m1/s1. The number of ether oxygens (including phenoxy) is 5. The molecule has 1 fully saturated rings. The summed E-state index contributed by atoms with van der Waals surface area (Å²) in [6, 6.07) is 0. The fourth-order valence-electron chi connectivity index (χ4n) is 2.47. The number of rotatable bonds is 7. The first-order valence-corrected chi connectivity index (χ1v) is 8.42. The van der Waals surface area contributed by atoms with Gasteiger partial charge in [-0.15, -0.1) is 0 Å². The van der Waals surface area contributed by atoms with Gasteiger partial charge in [0.05, 0.1) is 6.61 Å². The van der Waals surface area contributed by atoms with Gasteiger partial charge in [0.1, 0.15) is 6.10 Å². The molecule has 11 heteroatoms. The van der Waals surface area contributed by atoms with Crippen molar-refractivity contribution in [2.75, 3.05) is 13.2 Å². The number of aliphatic hydroxyl groups excluding tert-OH is 1. The van der Waals surface area contributed by atoms with Gasteiger partial charge in [-0.3, -0.25) is 14.4 Å². The van der Waals surface area contributed by atoms with Crippen LogP contribution in [0.4, 0.5) is 4.79 Å². The third-order valence-electron chi connectivity index (χ3n) is 3.42. The quantitative estimate of drug-likeness (QED) is 0.435. The molecular weight excluding hydrogens is 366 g/mol. The topological polar surface area (TPSA) is 147 Å². The summed E-state index contributed by atoms with van der Waals surface area (Å²) < 4.78 is 25.9. The number of nitrogens with one attached hydrogen (secondary N) is 1. The maximum absolute atomic E-state index is 11.9. The molecule has 2 N–H and O–H groups in total. The number of alkyl carbamates (subject to hydrolysis) is 1. The SMILES string of the molecule is CCCNC(=O)O[C@@H]1O[C@H](CO)[C@H](OC(C)=O)[C@H](OC(C)=O)[C@H]1OC(C)=O. The lowest BCUT2D eigenvalue weighted by molar-refractivity contribution is -0.293. The summed E-state index contributed by atoms with van der Waals surface area (Å²) in [5.41, 5.74) is 0. The third kappa shape index (κ3) is 7.02. The van der Waals surface area contributed by atoms with Gasteiger partial charge in [0, 0.05) is 27.3 Å². The minimum atomic E-state index is -1.50. The van der Waals surface area contributed by atoms with Gasteiger partial charge in [-0.25, -0.2) is 4.79 Å². The van der Waals surface area contributed by atoms with E-state index in [1.54, 1.807) is 0 Å². The zero-order valence-corrected chi connectivity index (χ0v) is 15.6. The Morgan fingerprint density at radius 2 is 1.41 bits per heavy atom. The second-order valence-corrected chi connectivity index (χ2v) is 5.78. The van der Waals surface area contributed by atoms with E-state index in [1.165, 1.54) is 0 Å². The average Bonchev–Trinajstić information content (AvgIpc) is 2.56. The van der Waals surface area contributed by atoms with Crippen molar-refractivity contribution >= 4 is 24.0 Å². The first-order valence-electron chi connectivity index (χ1n) is 8.42. The van der Waals surface area contributed by atoms with Crippen molar-refractivity contribution in [2.45, 2.75) is 64.8 Å². The first-order chi connectivity index (χ1) is 12.7. The van der Waals surface area contributed by atoms with Gasteiger partial charge < -0.3 is 34.1 Å². The van der Waals surface area contributed by atoms with Crippen LogP contribution in [-0.4, -0.2) is 73.0 Å². The fraction of sp³-hybridized carbons (Fsp3) is 0.750. The van der Waals surface area contributed by atoms with Crippen molar-refractivity contribution in [3.05, 3.63) is 0 Å². The molecule has 154 valence electrons. The zero-order valence-electron chi connectivity index (χ0n) is 15.6. The van der Waals surface area contributed by atoms with Crippen molar-refractivity contribution in [3.63, 3.8) is 0 Å². The molecule has 0 aromatic carbocycles. The fourth-order valence-corrected chi connectivity index (χ4v) is 2.47. The Hall–Kier alpha value is -2.40. The molecule has 0 radical (unpaired) electrons. The molecule has 0 bridgehead atoms. The minimum absolute atomic E-state index is 0.330. The van der Waals surface area contributed by atoms with E-state index in [2.05, 4.69) is 5.32 Å². The van der Waals surface area contributed by atoms with Gasteiger partial charge in [-0.2, -0.15) is 0 Å². The van der Waals surface area contributed by atoms with Crippen LogP contribution in [0.1, 0.15) is 34.1 Å². The van der Waals surface area contributed by atoms with Crippen LogP contribution in [0, 0.1) is 0 Å². The van der Waals surface area contributed by atoms with Crippen LogP contribution in [0.5, 0.6) is 0 Å². The third-order valence-corrected chi connectivity index (χ3v) is 3.42. The second kappa shape index (κ2) is 10.7. The van der Waals surface area contributed by atoms with E-state index in [9.17, 15) is 24.3 Å². The van der Waals surface area contributed by atoms with Gasteiger partial charge in [0.2, 0.25) is 12.4 Å². The molecule has 1 rings (SSSR count). The van der Waals surface area contributed by atoms with Gasteiger partial charge >= 0.3 is 24.0 Å². The minimum Gasteiger partial charge on any atom is -0.456 e. The van der Waals surface area contributed by atoms with Crippen molar-refractivity contribution in [1.82, 2.24) is 5.32 Å². The van der Waals surface area contributed by atoms with Gasteiger partial charge in [0.15, 0.2) is 12.2 Å². The van der Waals surface area contributed by atoms with Gasteiger partial charge in [0.25, 0.3) is 0 Å². The van der Waals surface area contributed by atoms with Crippen LogP contribution in [0.2, 0.25) is 0 Å². The van der Waals surface area contributed by atoms with E-state index < -0.39 is 61.3 Å². The highest BCUT2D eigenvalue weighted by Crippen LogP contribution is 2.29. The average molecular weight is 391 g/mol. The number of esters is 3. The maximum atomic E-state index is 11.9. The summed E-state index contributed by atoms with van der Waals surface area (Å²) >= 11 is 0. The smallest absolute Gasteiger partial charge is 0.409 e. The Kier molecular flexibility index (Phi) is 8.95. The van der Waals surface area contributed by atoms with Crippen LogP contribution < -0.4 is 5.32 Å². The van der Waals surface area contributed by atoms with E-state index >= 15 is 0 Å². The zero-order chi connectivity index (χ0) is 20.6. The van der Waals surface area contributed by atoms with Crippen LogP contribution in [0.15, 0.2) is 0 Å². The largest absolute Gasteiger partial charge is 0.456 e. The second-order valence-electron chi connectivity index (χ2n) is 5.78. The molecule has 1 amide bonds. The molecule has 11 nitrogen and oxygen atoms in total. The molecule has 1 heterocycles. The van der Waals surface area contributed by atoms with Crippen molar-refractivity contribution in [1.29, 1.82) is 0 Å². The van der Waals surface area contributed by atoms with Crippen LogP contribution >= 0.6 is 0 Å². The maximum Gasteiger partial charge on any atom is 0.409 e. The summed E-state index contributed by atoms with van der Waals surface area (Å²) in [6.07, 6.45) is -6.94. The molecule has 0 saturated carbocycles. The monoisotopic (exact) mass is 391 g/mol. The van der Waals surface area contributed by atoms with Crippen molar-refractivity contribution < 1.29 is 48.0 Å². The van der Waals surface area contributed by atoms with Gasteiger partial charge in [-0.05, 0) is 6.42 Å². The number of hydrogen-bond acceptors (Lipinski definition) is 10. The molecule has 1 saturated heterocycles. The highest BCUT2D eigenvalue weighted by atomic mass is 16.7.